The number of hydrogen-bond acceptors (Lipinski definition) is 6. The van der Waals surface area contributed by atoms with E-state index in [1.807, 2.05) is 41.5 Å². The number of nitrogens with one attached hydrogen (secondary N) is 2. The van der Waals surface area contributed by atoms with Gasteiger partial charge < -0.3 is 20.1 Å². The first-order chi connectivity index (χ1) is 16.8. The van der Waals surface area contributed by atoms with Crippen LogP contribution in [0.25, 0.3) is 0 Å². The van der Waals surface area contributed by atoms with Gasteiger partial charge in [0.15, 0.2) is 11.6 Å². The zero-order valence-electron chi connectivity index (χ0n) is 21.9. The maximum atomic E-state index is 12.3. The van der Waals surface area contributed by atoms with Crippen molar-refractivity contribution in [3.63, 3.8) is 0 Å². The third-order valence-electron chi connectivity index (χ3n) is 5.06. The molecule has 0 saturated heterocycles. The summed E-state index contributed by atoms with van der Waals surface area (Å²) in [6.07, 6.45) is 0. The van der Waals surface area contributed by atoms with E-state index < -0.39 is 10.8 Å². The summed E-state index contributed by atoms with van der Waals surface area (Å²) in [6, 6.07) is 13.4. The van der Waals surface area contributed by atoms with Crippen LogP contribution in [0.3, 0.4) is 0 Å². The van der Waals surface area contributed by atoms with E-state index in [-0.39, 0.29) is 49.8 Å². The third-order valence-corrected chi connectivity index (χ3v) is 5.06. The Balaban J connectivity index is 1.63. The van der Waals surface area contributed by atoms with Crippen LogP contribution in [0.5, 0.6) is 0 Å². The Labute approximate surface area is 212 Å². The summed E-state index contributed by atoms with van der Waals surface area (Å²) < 4.78 is 10.6. The summed E-state index contributed by atoms with van der Waals surface area (Å²) in [6.45, 7) is 11.1. The molecule has 36 heavy (non-hydrogen) atoms. The van der Waals surface area contributed by atoms with Crippen molar-refractivity contribution in [3.05, 3.63) is 59.7 Å². The average Bonchev–Trinajstić information content (AvgIpc) is 2.80. The monoisotopic (exact) mass is 496 g/mol. The topological polar surface area (TPSA) is 111 Å². The van der Waals surface area contributed by atoms with Crippen LogP contribution in [0.15, 0.2) is 48.5 Å². The molecule has 0 fully saturated rings. The number of anilines is 2. The smallest absolute Gasteiger partial charge is 0.250 e. The second-order valence-corrected chi connectivity index (χ2v) is 10.5. The second kappa shape index (κ2) is 12.6. The van der Waals surface area contributed by atoms with Gasteiger partial charge in [-0.05, 0) is 48.5 Å². The molecule has 0 saturated carbocycles. The molecule has 8 heteroatoms. The molecule has 0 unspecified atom stereocenters. The summed E-state index contributed by atoms with van der Waals surface area (Å²) in [5.74, 6) is -0.613. The molecule has 0 spiro atoms. The molecule has 0 aliphatic heterocycles. The minimum atomic E-state index is -0.472. The van der Waals surface area contributed by atoms with Gasteiger partial charge in [-0.3, -0.25) is 19.2 Å². The van der Waals surface area contributed by atoms with E-state index in [4.69, 9.17) is 9.47 Å². The lowest BCUT2D eigenvalue weighted by molar-refractivity contribution is -0.124. The van der Waals surface area contributed by atoms with Crippen molar-refractivity contribution in [2.75, 3.05) is 37.1 Å². The number of benzene rings is 2. The Kier molecular flexibility index (Phi) is 10.1. The Morgan fingerprint density at radius 1 is 0.583 bits per heavy atom. The molecular formula is C28H36N2O6. The van der Waals surface area contributed by atoms with Crippen LogP contribution >= 0.6 is 0 Å². The van der Waals surface area contributed by atoms with Crippen molar-refractivity contribution in [3.8, 4) is 0 Å². The van der Waals surface area contributed by atoms with Gasteiger partial charge in [0.1, 0.15) is 13.2 Å². The van der Waals surface area contributed by atoms with Crippen LogP contribution < -0.4 is 10.6 Å². The first-order valence-electron chi connectivity index (χ1n) is 11.8. The molecule has 2 amide bonds. The predicted molar refractivity (Wildman–Crippen MR) is 139 cm³/mol. The van der Waals surface area contributed by atoms with E-state index in [0.29, 0.717) is 22.5 Å². The van der Waals surface area contributed by atoms with Gasteiger partial charge in [0.2, 0.25) is 11.8 Å². The molecule has 0 aromatic heterocycles. The number of carbonyl (C=O) groups excluding carboxylic acids is 4. The van der Waals surface area contributed by atoms with Gasteiger partial charge >= 0.3 is 0 Å². The summed E-state index contributed by atoms with van der Waals surface area (Å²) in [5, 5.41) is 5.40. The normalized spacial score (nSPS) is 11.6. The fourth-order valence-electron chi connectivity index (χ4n) is 3.12. The van der Waals surface area contributed by atoms with Crippen LogP contribution in [0.4, 0.5) is 11.4 Å². The molecule has 0 radical (unpaired) electrons. The van der Waals surface area contributed by atoms with Crippen molar-refractivity contribution in [2.24, 2.45) is 10.8 Å². The summed E-state index contributed by atoms with van der Waals surface area (Å²) in [7, 11) is 0. The molecule has 2 aromatic carbocycles. The fraction of sp³-hybridized carbons (Fsp3) is 0.429. The second-order valence-electron chi connectivity index (χ2n) is 10.5. The van der Waals surface area contributed by atoms with E-state index in [2.05, 4.69) is 10.6 Å². The maximum Gasteiger partial charge on any atom is 0.250 e. The van der Waals surface area contributed by atoms with E-state index in [9.17, 15) is 19.2 Å². The van der Waals surface area contributed by atoms with E-state index in [1.54, 1.807) is 48.5 Å². The molecule has 0 aliphatic carbocycles. The zero-order chi connectivity index (χ0) is 26.9. The zero-order valence-corrected chi connectivity index (χ0v) is 21.9. The van der Waals surface area contributed by atoms with Crippen LogP contribution in [0, 0.1) is 10.8 Å². The maximum absolute atomic E-state index is 12.3. The molecule has 8 nitrogen and oxygen atoms in total. The molecule has 2 aromatic rings. The van der Waals surface area contributed by atoms with Crippen molar-refractivity contribution in [1.82, 2.24) is 0 Å². The third kappa shape index (κ3) is 9.36. The van der Waals surface area contributed by atoms with Crippen LogP contribution in [0.1, 0.15) is 62.3 Å². The Hall–Kier alpha value is -3.36. The summed E-state index contributed by atoms with van der Waals surface area (Å²) in [5.41, 5.74) is 1.37. The summed E-state index contributed by atoms with van der Waals surface area (Å²) in [4.78, 5) is 48.6. The molecule has 2 N–H and O–H groups in total. The van der Waals surface area contributed by atoms with E-state index in [1.165, 1.54) is 0 Å². The van der Waals surface area contributed by atoms with E-state index >= 15 is 0 Å². The molecule has 0 aliphatic rings. The Bertz CT molecular complexity index is 974. The largest absolute Gasteiger partial charge is 0.369 e. The van der Waals surface area contributed by atoms with Crippen molar-refractivity contribution < 1.29 is 28.7 Å². The number of amides is 2. The molecule has 0 heterocycles. The van der Waals surface area contributed by atoms with Gasteiger partial charge in [0, 0.05) is 33.3 Å². The highest BCUT2D eigenvalue weighted by molar-refractivity contribution is 6.01. The van der Waals surface area contributed by atoms with Crippen LogP contribution in [-0.4, -0.2) is 49.8 Å². The first kappa shape index (κ1) is 28.9. The van der Waals surface area contributed by atoms with Gasteiger partial charge in [-0.25, -0.2) is 0 Å². The highest BCUT2D eigenvalue weighted by Gasteiger charge is 2.23. The van der Waals surface area contributed by atoms with Gasteiger partial charge in [0.05, 0.1) is 13.2 Å². The molecule has 0 atom stereocenters. The first-order valence-corrected chi connectivity index (χ1v) is 11.8. The quantitative estimate of drug-likeness (QED) is 0.343. The minimum absolute atomic E-state index is 0.0304. The summed E-state index contributed by atoms with van der Waals surface area (Å²) >= 11 is 0. The Morgan fingerprint density at radius 3 is 1.17 bits per heavy atom. The number of hydrogen-bond donors (Lipinski definition) is 2. The standard InChI is InChI=1S/C28H36N2O6/c1-27(2,3)25(33)19-7-11-21(12-8-19)29-23(31)17-35-15-16-36-18-24(32)30-22-13-9-20(10-14-22)26(34)28(4,5)6/h7-14H,15-18H2,1-6H3,(H,29,31)(H,30,32). The average molecular weight is 497 g/mol. The van der Waals surface area contributed by atoms with Gasteiger partial charge in [-0.2, -0.15) is 0 Å². The van der Waals surface area contributed by atoms with Gasteiger partial charge in [-0.15, -0.1) is 0 Å². The number of carbonyl (C=O) groups is 4. The number of Topliss-reactive ketones (excluding diaryl/α,β-unsaturated/α-hetero) is 2. The minimum Gasteiger partial charge on any atom is -0.369 e. The number of ketones is 2. The lowest BCUT2D eigenvalue weighted by atomic mass is 9.86. The molecule has 0 bridgehead atoms. The lowest BCUT2D eigenvalue weighted by Gasteiger charge is -2.16. The molecule has 2 rings (SSSR count). The SMILES string of the molecule is CC(C)(C)C(=O)c1ccc(NC(=O)COCCOCC(=O)Nc2ccc(C(=O)C(C)(C)C)cc2)cc1. The number of rotatable bonds is 11. The van der Waals surface area contributed by atoms with Gasteiger partial charge in [0.25, 0.3) is 0 Å². The lowest BCUT2D eigenvalue weighted by Crippen LogP contribution is -2.22. The molecular weight excluding hydrogens is 460 g/mol. The van der Waals surface area contributed by atoms with Gasteiger partial charge in [-0.1, -0.05) is 41.5 Å². The van der Waals surface area contributed by atoms with Crippen LogP contribution in [0.2, 0.25) is 0 Å². The van der Waals surface area contributed by atoms with Crippen molar-refractivity contribution in [1.29, 1.82) is 0 Å². The van der Waals surface area contributed by atoms with Crippen molar-refractivity contribution >= 4 is 34.8 Å². The highest BCUT2D eigenvalue weighted by Crippen LogP contribution is 2.23. The van der Waals surface area contributed by atoms with Crippen LogP contribution in [-0.2, 0) is 19.1 Å². The van der Waals surface area contributed by atoms with Crippen molar-refractivity contribution in [2.45, 2.75) is 41.5 Å². The van der Waals surface area contributed by atoms with E-state index in [0.717, 1.165) is 0 Å². The number of ether oxygens (including phenoxy) is 2. The predicted octanol–water partition coefficient (Wildman–Crippen LogP) is 4.75. The molecule has 194 valence electrons. The Morgan fingerprint density at radius 2 is 0.889 bits per heavy atom. The fourth-order valence-corrected chi connectivity index (χ4v) is 3.12. The highest BCUT2D eigenvalue weighted by atomic mass is 16.5.